The van der Waals surface area contributed by atoms with Gasteiger partial charge in [-0.1, -0.05) is 48.5 Å². The molecule has 0 bridgehead atoms. The predicted octanol–water partition coefficient (Wildman–Crippen LogP) is 4.25. The molecule has 0 aliphatic carbocycles. The van der Waals surface area contributed by atoms with Crippen molar-refractivity contribution < 1.29 is 23.9 Å². The van der Waals surface area contributed by atoms with Crippen molar-refractivity contribution in [3.63, 3.8) is 0 Å². The molecule has 10 heteroatoms. The number of ether oxygens (including phenoxy) is 2. The van der Waals surface area contributed by atoms with Crippen molar-refractivity contribution in [2.75, 3.05) is 18.5 Å². The summed E-state index contributed by atoms with van der Waals surface area (Å²) in [4.78, 5) is 36.6. The third kappa shape index (κ3) is 8.17. The topological polar surface area (TPSA) is 118 Å². The number of para-hydroxylation sites is 1. The first-order chi connectivity index (χ1) is 18.3. The molecule has 9 nitrogen and oxygen atoms in total. The molecule has 0 unspecified atom stereocenters. The number of anilines is 1. The molecular weight excluding hydrogens is 552 g/mol. The highest BCUT2D eigenvalue weighted by Gasteiger charge is 2.16. The van der Waals surface area contributed by atoms with Crippen molar-refractivity contribution in [2.45, 2.75) is 27.3 Å². The Morgan fingerprint density at radius 1 is 0.947 bits per heavy atom. The molecular formula is C28H29BrN4O5. The van der Waals surface area contributed by atoms with E-state index in [1.54, 1.807) is 12.1 Å². The summed E-state index contributed by atoms with van der Waals surface area (Å²) in [6, 6.07) is 18.4. The number of hydrogen-bond acceptors (Lipinski definition) is 6. The highest BCUT2D eigenvalue weighted by molar-refractivity contribution is 9.10. The van der Waals surface area contributed by atoms with Crippen LogP contribution in [0.15, 0.2) is 70.2 Å². The van der Waals surface area contributed by atoms with Gasteiger partial charge in [-0.2, -0.15) is 5.10 Å². The van der Waals surface area contributed by atoms with Gasteiger partial charge in [-0.25, -0.2) is 5.43 Å². The van der Waals surface area contributed by atoms with Crippen LogP contribution in [0.3, 0.4) is 0 Å². The molecule has 0 saturated heterocycles. The van der Waals surface area contributed by atoms with Gasteiger partial charge in [-0.3, -0.25) is 14.4 Å². The highest BCUT2D eigenvalue weighted by atomic mass is 79.9. The number of hydrogen-bond donors (Lipinski definition) is 3. The maximum absolute atomic E-state index is 12.5. The number of aryl methyl sites for hydroxylation is 2. The van der Waals surface area contributed by atoms with E-state index in [1.807, 2.05) is 69.3 Å². The van der Waals surface area contributed by atoms with E-state index >= 15 is 0 Å². The second kappa shape index (κ2) is 13.9. The monoisotopic (exact) mass is 580 g/mol. The van der Waals surface area contributed by atoms with Gasteiger partial charge in [0.25, 0.3) is 5.91 Å². The van der Waals surface area contributed by atoms with Crippen LogP contribution in [0, 0.1) is 13.8 Å². The third-order valence-electron chi connectivity index (χ3n) is 5.31. The zero-order valence-corrected chi connectivity index (χ0v) is 22.9. The number of carbonyl (C=O) groups is 3. The predicted molar refractivity (Wildman–Crippen MR) is 149 cm³/mol. The van der Waals surface area contributed by atoms with E-state index in [0.717, 1.165) is 22.4 Å². The summed E-state index contributed by atoms with van der Waals surface area (Å²) in [7, 11) is 0. The molecule has 3 amide bonds. The summed E-state index contributed by atoms with van der Waals surface area (Å²) in [6.07, 6.45) is 1.37. The van der Waals surface area contributed by atoms with Crippen LogP contribution in [0.25, 0.3) is 0 Å². The van der Waals surface area contributed by atoms with Crippen LogP contribution >= 0.6 is 15.9 Å². The Bertz CT molecular complexity index is 1310. The second-order valence-electron chi connectivity index (χ2n) is 8.23. The van der Waals surface area contributed by atoms with Crippen molar-refractivity contribution in [3.05, 3.63) is 87.4 Å². The molecule has 0 radical (unpaired) electrons. The Morgan fingerprint density at radius 2 is 1.66 bits per heavy atom. The Kier molecular flexibility index (Phi) is 10.4. The van der Waals surface area contributed by atoms with Crippen LogP contribution in [0.4, 0.5) is 5.69 Å². The first-order valence-corrected chi connectivity index (χ1v) is 12.7. The molecule has 0 atom stereocenters. The molecule has 0 aliphatic rings. The minimum atomic E-state index is -0.892. The van der Waals surface area contributed by atoms with Crippen molar-refractivity contribution in [3.8, 4) is 11.5 Å². The van der Waals surface area contributed by atoms with Crippen LogP contribution < -0.4 is 25.5 Å². The number of halogens is 1. The van der Waals surface area contributed by atoms with Gasteiger partial charge in [0.1, 0.15) is 0 Å². The fourth-order valence-electron chi connectivity index (χ4n) is 3.47. The lowest BCUT2D eigenvalue weighted by Crippen LogP contribution is -2.37. The highest BCUT2D eigenvalue weighted by Crippen LogP contribution is 2.36. The lowest BCUT2D eigenvalue weighted by atomic mass is 10.1. The van der Waals surface area contributed by atoms with E-state index in [9.17, 15) is 14.4 Å². The second-order valence-corrected chi connectivity index (χ2v) is 9.09. The standard InChI is InChI=1S/C28H29BrN4O5/c1-4-37-23-14-21(16-31-33-28(36)27(35)30-15-20-11-6-5-7-12-20)13-22(29)26(23)38-17-24(34)32-25-18(2)9-8-10-19(25)3/h5-14,16H,4,15,17H2,1-3H3,(H,30,35)(H,32,34)(H,33,36). The summed E-state index contributed by atoms with van der Waals surface area (Å²) in [5.74, 6) is -1.27. The van der Waals surface area contributed by atoms with Crippen LogP contribution in [0.2, 0.25) is 0 Å². The molecule has 0 spiro atoms. The Morgan fingerprint density at radius 3 is 2.34 bits per heavy atom. The quantitative estimate of drug-likeness (QED) is 0.188. The molecule has 198 valence electrons. The molecule has 38 heavy (non-hydrogen) atoms. The fraction of sp³-hybridized carbons (Fsp3) is 0.214. The lowest BCUT2D eigenvalue weighted by molar-refractivity contribution is -0.139. The summed E-state index contributed by atoms with van der Waals surface area (Å²) in [5.41, 5.74) is 6.31. The Labute approximate surface area is 229 Å². The van der Waals surface area contributed by atoms with Gasteiger partial charge >= 0.3 is 11.8 Å². The van der Waals surface area contributed by atoms with Crippen molar-refractivity contribution >= 4 is 45.6 Å². The normalized spacial score (nSPS) is 10.6. The van der Waals surface area contributed by atoms with Gasteiger partial charge in [0.2, 0.25) is 0 Å². The number of amides is 3. The molecule has 0 fully saturated rings. The SMILES string of the molecule is CCOc1cc(C=NNC(=O)C(=O)NCc2ccccc2)cc(Br)c1OCC(=O)Nc1c(C)cccc1C. The molecule has 3 rings (SSSR count). The van der Waals surface area contributed by atoms with Gasteiger partial charge in [0.15, 0.2) is 18.1 Å². The Balaban J connectivity index is 1.60. The maximum Gasteiger partial charge on any atom is 0.329 e. The zero-order valence-electron chi connectivity index (χ0n) is 21.3. The van der Waals surface area contributed by atoms with E-state index in [-0.39, 0.29) is 19.1 Å². The summed E-state index contributed by atoms with van der Waals surface area (Å²) in [5, 5.41) is 9.28. The molecule has 0 aromatic heterocycles. The smallest absolute Gasteiger partial charge is 0.329 e. The first-order valence-electron chi connectivity index (χ1n) is 11.9. The minimum absolute atomic E-state index is 0.228. The maximum atomic E-state index is 12.5. The van der Waals surface area contributed by atoms with E-state index in [0.29, 0.717) is 28.1 Å². The van der Waals surface area contributed by atoms with E-state index in [2.05, 4.69) is 37.1 Å². The lowest BCUT2D eigenvalue weighted by Gasteiger charge is -2.15. The molecule has 0 aliphatic heterocycles. The molecule has 3 aromatic rings. The number of nitrogens with zero attached hydrogens (tertiary/aromatic N) is 1. The average molecular weight is 581 g/mol. The number of carbonyl (C=O) groups excluding carboxylic acids is 3. The van der Waals surface area contributed by atoms with Crippen LogP contribution in [-0.2, 0) is 20.9 Å². The molecule has 0 saturated carbocycles. The van der Waals surface area contributed by atoms with Gasteiger partial charge < -0.3 is 20.1 Å². The van der Waals surface area contributed by atoms with Gasteiger partial charge in [0.05, 0.1) is 17.3 Å². The van der Waals surface area contributed by atoms with Crippen molar-refractivity contribution in [2.24, 2.45) is 5.10 Å². The first kappa shape index (κ1) is 28.4. The minimum Gasteiger partial charge on any atom is -0.490 e. The third-order valence-corrected chi connectivity index (χ3v) is 5.90. The molecule has 3 aromatic carbocycles. The number of benzene rings is 3. The number of rotatable bonds is 10. The Hall–Kier alpha value is -4.18. The zero-order chi connectivity index (χ0) is 27.5. The number of nitrogens with one attached hydrogen (secondary N) is 3. The van der Waals surface area contributed by atoms with E-state index in [1.165, 1.54) is 6.21 Å². The average Bonchev–Trinajstić information content (AvgIpc) is 2.89. The molecule has 3 N–H and O–H groups in total. The largest absolute Gasteiger partial charge is 0.490 e. The van der Waals surface area contributed by atoms with Crippen molar-refractivity contribution in [1.29, 1.82) is 0 Å². The van der Waals surface area contributed by atoms with Crippen LogP contribution in [0.5, 0.6) is 11.5 Å². The van der Waals surface area contributed by atoms with Gasteiger partial charge in [-0.15, -0.1) is 0 Å². The fourth-order valence-corrected chi connectivity index (χ4v) is 4.04. The van der Waals surface area contributed by atoms with Crippen LogP contribution in [-0.4, -0.2) is 37.1 Å². The molecule has 0 heterocycles. The number of hydrazone groups is 1. The summed E-state index contributed by atoms with van der Waals surface area (Å²) >= 11 is 3.45. The van der Waals surface area contributed by atoms with Crippen molar-refractivity contribution in [1.82, 2.24) is 10.7 Å². The summed E-state index contributed by atoms with van der Waals surface area (Å²) in [6.45, 7) is 6.02. The van der Waals surface area contributed by atoms with E-state index in [4.69, 9.17) is 9.47 Å². The van der Waals surface area contributed by atoms with Gasteiger partial charge in [0, 0.05) is 12.2 Å². The van der Waals surface area contributed by atoms with E-state index < -0.39 is 11.8 Å². The summed E-state index contributed by atoms with van der Waals surface area (Å²) < 4.78 is 12.0. The van der Waals surface area contributed by atoms with Gasteiger partial charge in [-0.05, 0) is 71.1 Å². The van der Waals surface area contributed by atoms with Crippen LogP contribution in [0.1, 0.15) is 29.2 Å².